The van der Waals surface area contributed by atoms with E-state index in [1.54, 1.807) is 34.4 Å². The number of benzene rings is 1. The molecular formula is C17H15ClN2O2S. The molecule has 0 N–H and O–H groups in total. The van der Waals surface area contributed by atoms with Crippen molar-refractivity contribution in [3.8, 4) is 0 Å². The lowest BCUT2D eigenvalue weighted by Gasteiger charge is -2.36. The van der Waals surface area contributed by atoms with Gasteiger partial charge in [0.1, 0.15) is 0 Å². The van der Waals surface area contributed by atoms with Gasteiger partial charge in [-0.05, 0) is 48.6 Å². The highest BCUT2D eigenvalue weighted by atomic mass is 35.5. The number of amides is 1. The molecule has 0 aliphatic carbocycles. The number of hydrogen-bond acceptors (Lipinski definition) is 4. The maximum Gasteiger partial charge on any atom is 0.300 e. The second-order valence-electron chi connectivity index (χ2n) is 5.90. The number of Topliss-reactive ketones (excluding diaryl/α,β-unsaturated/α-hetero) is 1. The smallest absolute Gasteiger partial charge is 0.291 e. The Morgan fingerprint density at radius 1 is 1.30 bits per heavy atom. The van der Waals surface area contributed by atoms with E-state index in [0.717, 1.165) is 13.0 Å². The summed E-state index contributed by atoms with van der Waals surface area (Å²) in [5, 5.41) is 2.59. The average Bonchev–Trinajstić information content (AvgIpc) is 3.10. The van der Waals surface area contributed by atoms with E-state index < -0.39 is 11.7 Å². The molecule has 0 saturated heterocycles. The Bertz CT molecular complexity index is 817. The Morgan fingerprint density at radius 2 is 2.13 bits per heavy atom. The van der Waals surface area contributed by atoms with Gasteiger partial charge >= 0.3 is 5.91 Å². The molecule has 2 aliphatic heterocycles. The number of rotatable bonds is 2. The molecule has 118 valence electrons. The van der Waals surface area contributed by atoms with E-state index in [9.17, 15) is 9.59 Å². The standard InChI is InChI=1S/C17H15ClN2O2S/c1-10-12-5-7-23-15(12)4-6-19(10)9-20-14-3-2-11(18)8-13(14)16(21)17(20)22/h2-3,5,7-8,10H,4,6,9H2,1H3/t10-/m0/s1. The second-order valence-corrected chi connectivity index (χ2v) is 7.34. The lowest BCUT2D eigenvalue weighted by Crippen LogP contribution is -2.44. The molecule has 1 atom stereocenters. The lowest BCUT2D eigenvalue weighted by atomic mass is 10.0. The monoisotopic (exact) mass is 346 g/mol. The fraction of sp³-hybridized carbons (Fsp3) is 0.294. The maximum atomic E-state index is 12.4. The first-order chi connectivity index (χ1) is 11.1. The van der Waals surface area contributed by atoms with Crippen LogP contribution in [0.15, 0.2) is 29.6 Å². The Balaban J connectivity index is 1.63. The van der Waals surface area contributed by atoms with Crippen LogP contribution in [0.2, 0.25) is 5.02 Å². The highest BCUT2D eigenvalue weighted by molar-refractivity contribution is 7.10. The van der Waals surface area contributed by atoms with Crippen molar-refractivity contribution in [2.45, 2.75) is 19.4 Å². The Labute approximate surface area is 143 Å². The molecule has 23 heavy (non-hydrogen) atoms. The second kappa shape index (κ2) is 5.44. The summed E-state index contributed by atoms with van der Waals surface area (Å²) in [6.07, 6.45) is 0.987. The first-order valence-electron chi connectivity index (χ1n) is 7.52. The van der Waals surface area contributed by atoms with Crippen LogP contribution < -0.4 is 4.90 Å². The van der Waals surface area contributed by atoms with Crippen molar-refractivity contribution in [3.63, 3.8) is 0 Å². The number of ketones is 1. The molecule has 1 aromatic heterocycles. The van der Waals surface area contributed by atoms with Gasteiger partial charge in [0.2, 0.25) is 0 Å². The van der Waals surface area contributed by atoms with E-state index in [1.807, 2.05) is 0 Å². The molecule has 2 aromatic rings. The minimum Gasteiger partial charge on any atom is -0.291 e. The molecule has 4 rings (SSSR count). The molecule has 2 aliphatic rings. The van der Waals surface area contributed by atoms with Gasteiger partial charge in [0.15, 0.2) is 0 Å². The highest BCUT2D eigenvalue weighted by Crippen LogP contribution is 2.36. The van der Waals surface area contributed by atoms with Gasteiger partial charge in [-0.2, -0.15) is 0 Å². The van der Waals surface area contributed by atoms with Gasteiger partial charge in [-0.1, -0.05) is 11.6 Å². The molecule has 3 heterocycles. The topological polar surface area (TPSA) is 40.6 Å². The number of carbonyl (C=O) groups is 2. The van der Waals surface area contributed by atoms with Crippen LogP contribution in [0, 0.1) is 0 Å². The third kappa shape index (κ3) is 2.31. The van der Waals surface area contributed by atoms with Gasteiger partial charge < -0.3 is 0 Å². The van der Waals surface area contributed by atoms with E-state index in [4.69, 9.17) is 11.6 Å². The number of halogens is 1. The third-order valence-electron chi connectivity index (χ3n) is 4.66. The number of nitrogens with zero attached hydrogens (tertiary/aromatic N) is 2. The summed E-state index contributed by atoms with van der Waals surface area (Å²) in [6.45, 7) is 3.46. The van der Waals surface area contributed by atoms with Crippen molar-refractivity contribution in [1.29, 1.82) is 0 Å². The van der Waals surface area contributed by atoms with Gasteiger partial charge in [0.25, 0.3) is 5.78 Å². The molecule has 1 amide bonds. The number of hydrogen-bond donors (Lipinski definition) is 0. The van der Waals surface area contributed by atoms with Crippen LogP contribution in [-0.2, 0) is 11.2 Å². The molecule has 6 heteroatoms. The SMILES string of the molecule is C[C@H]1c2ccsc2CCN1CN1C(=O)C(=O)c2cc(Cl)ccc21. The molecule has 4 nitrogen and oxygen atoms in total. The predicted molar refractivity (Wildman–Crippen MR) is 91.3 cm³/mol. The van der Waals surface area contributed by atoms with Crippen LogP contribution in [0.4, 0.5) is 5.69 Å². The van der Waals surface area contributed by atoms with Crippen LogP contribution in [0.3, 0.4) is 0 Å². The molecule has 0 fully saturated rings. The number of fused-ring (bicyclic) bond motifs is 2. The fourth-order valence-electron chi connectivity index (χ4n) is 3.35. The normalized spacial score (nSPS) is 20.8. The summed E-state index contributed by atoms with van der Waals surface area (Å²) >= 11 is 7.74. The third-order valence-corrected chi connectivity index (χ3v) is 5.89. The first-order valence-corrected chi connectivity index (χ1v) is 8.78. The zero-order chi connectivity index (χ0) is 16.1. The van der Waals surface area contributed by atoms with E-state index in [-0.39, 0.29) is 6.04 Å². The summed E-state index contributed by atoms with van der Waals surface area (Å²) in [7, 11) is 0. The summed E-state index contributed by atoms with van der Waals surface area (Å²) in [5.74, 6) is -0.936. The van der Waals surface area contributed by atoms with Crippen molar-refractivity contribution >= 4 is 40.3 Å². The predicted octanol–water partition coefficient (Wildman–Crippen LogP) is 3.51. The Morgan fingerprint density at radius 3 is 2.96 bits per heavy atom. The summed E-state index contributed by atoms with van der Waals surface area (Å²) < 4.78 is 0. The molecule has 0 saturated carbocycles. The molecule has 0 spiro atoms. The van der Waals surface area contributed by atoms with E-state index in [0.29, 0.717) is 22.9 Å². The number of thiophene rings is 1. The fourth-order valence-corrected chi connectivity index (χ4v) is 4.48. The molecular weight excluding hydrogens is 332 g/mol. The van der Waals surface area contributed by atoms with Gasteiger partial charge in [0.05, 0.1) is 17.9 Å². The summed E-state index contributed by atoms with van der Waals surface area (Å²) in [6, 6.07) is 7.44. The van der Waals surface area contributed by atoms with Crippen molar-refractivity contribution < 1.29 is 9.59 Å². The van der Waals surface area contributed by atoms with E-state index in [2.05, 4.69) is 23.3 Å². The molecule has 0 bridgehead atoms. The largest absolute Gasteiger partial charge is 0.300 e. The van der Waals surface area contributed by atoms with Crippen molar-refractivity contribution in [1.82, 2.24) is 4.90 Å². The first kappa shape index (κ1) is 14.9. The Hall–Kier alpha value is -1.69. The van der Waals surface area contributed by atoms with Crippen LogP contribution >= 0.6 is 22.9 Å². The average molecular weight is 347 g/mol. The van der Waals surface area contributed by atoms with Gasteiger partial charge in [-0.15, -0.1) is 11.3 Å². The minimum absolute atomic E-state index is 0.240. The molecule has 1 aromatic carbocycles. The zero-order valence-electron chi connectivity index (χ0n) is 12.6. The van der Waals surface area contributed by atoms with E-state index >= 15 is 0 Å². The van der Waals surface area contributed by atoms with Crippen molar-refractivity contribution in [3.05, 3.63) is 50.7 Å². The van der Waals surface area contributed by atoms with Gasteiger partial charge in [-0.25, -0.2) is 0 Å². The van der Waals surface area contributed by atoms with Crippen LogP contribution in [0.25, 0.3) is 0 Å². The van der Waals surface area contributed by atoms with Crippen LogP contribution in [0.1, 0.15) is 33.8 Å². The number of anilines is 1. The van der Waals surface area contributed by atoms with Crippen LogP contribution in [0.5, 0.6) is 0 Å². The van der Waals surface area contributed by atoms with E-state index in [1.165, 1.54) is 10.4 Å². The molecule has 0 radical (unpaired) electrons. The minimum atomic E-state index is -0.469. The molecule has 0 unspecified atom stereocenters. The number of carbonyl (C=O) groups excluding carboxylic acids is 2. The zero-order valence-corrected chi connectivity index (χ0v) is 14.2. The Kier molecular flexibility index (Phi) is 3.52. The van der Waals surface area contributed by atoms with Gasteiger partial charge in [-0.3, -0.25) is 19.4 Å². The maximum absolute atomic E-state index is 12.4. The summed E-state index contributed by atoms with van der Waals surface area (Å²) in [4.78, 5) is 29.8. The van der Waals surface area contributed by atoms with Crippen LogP contribution in [-0.4, -0.2) is 29.8 Å². The van der Waals surface area contributed by atoms with Crippen molar-refractivity contribution in [2.75, 3.05) is 18.1 Å². The lowest BCUT2D eigenvalue weighted by molar-refractivity contribution is -0.114. The van der Waals surface area contributed by atoms with Gasteiger partial charge in [0, 0.05) is 22.5 Å². The quantitative estimate of drug-likeness (QED) is 0.781. The highest BCUT2D eigenvalue weighted by Gasteiger charge is 2.38. The summed E-state index contributed by atoms with van der Waals surface area (Å²) in [5.41, 5.74) is 2.40. The van der Waals surface area contributed by atoms with Crippen molar-refractivity contribution in [2.24, 2.45) is 0 Å².